The molecule has 112 valence electrons. The van der Waals surface area contributed by atoms with Gasteiger partial charge < -0.3 is 10.1 Å². The van der Waals surface area contributed by atoms with Gasteiger partial charge in [0.1, 0.15) is 16.6 Å². The molecule has 0 saturated heterocycles. The first-order valence-corrected chi connectivity index (χ1v) is 8.92. The standard InChI is InChI=1S/C14H16N2O3S2/c1-15-7-10-6-14(20-9-10)21(17,18)16-12-8-19-13-5-3-2-4-11(12)13/h2-6,9,12,15-16H,7-8H2,1H3. The van der Waals surface area contributed by atoms with Crippen molar-refractivity contribution < 1.29 is 13.2 Å². The minimum atomic E-state index is -3.52. The lowest BCUT2D eigenvalue weighted by Crippen LogP contribution is -2.29. The lowest BCUT2D eigenvalue weighted by atomic mass is 10.1. The Hall–Kier alpha value is -1.41. The second-order valence-electron chi connectivity index (χ2n) is 4.83. The lowest BCUT2D eigenvalue weighted by Gasteiger charge is -2.11. The third kappa shape index (κ3) is 2.96. The number of rotatable bonds is 5. The molecule has 2 heterocycles. The molecule has 2 N–H and O–H groups in total. The zero-order valence-corrected chi connectivity index (χ0v) is 13.1. The predicted molar refractivity (Wildman–Crippen MR) is 82.1 cm³/mol. The van der Waals surface area contributed by atoms with Crippen LogP contribution in [0.25, 0.3) is 0 Å². The Kier molecular flexibility index (Phi) is 3.99. The molecule has 1 unspecified atom stereocenters. The molecule has 0 aliphatic carbocycles. The monoisotopic (exact) mass is 324 g/mol. The number of benzene rings is 1. The molecule has 7 heteroatoms. The summed E-state index contributed by atoms with van der Waals surface area (Å²) in [7, 11) is -1.69. The Morgan fingerprint density at radius 3 is 3.00 bits per heavy atom. The first-order valence-electron chi connectivity index (χ1n) is 6.56. The minimum Gasteiger partial charge on any atom is -0.491 e. The van der Waals surface area contributed by atoms with Crippen molar-refractivity contribution in [3.8, 4) is 5.75 Å². The lowest BCUT2D eigenvalue weighted by molar-refractivity contribution is 0.325. The molecule has 21 heavy (non-hydrogen) atoms. The molecular formula is C14H16N2O3S2. The van der Waals surface area contributed by atoms with Crippen molar-refractivity contribution in [2.45, 2.75) is 16.8 Å². The van der Waals surface area contributed by atoms with E-state index in [4.69, 9.17) is 4.74 Å². The Morgan fingerprint density at radius 2 is 2.19 bits per heavy atom. The highest BCUT2D eigenvalue weighted by atomic mass is 32.2. The Morgan fingerprint density at radius 1 is 1.38 bits per heavy atom. The summed E-state index contributed by atoms with van der Waals surface area (Å²) in [5, 5.41) is 4.86. The Balaban J connectivity index is 1.80. The molecule has 1 aromatic carbocycles. The molecule has 3 rings (SSSR count). The zero-order chi connectivity index (χ0) is 14.9. The van der Waals surface area contributed by atoms with E-state index in [1.54, 1.807) is 6.07 Å². The molecule has 0 saturated carbocycles. The molecule has 0 fully saturated rings. The van der Waals surface area contributed by atoms with Gasteiger partial charge in [0, 0.05) is 12.1 Å². The van der Waals surface area contributed by atoms with Crippen LogP contribution in [-0.4, -0.2) is 22.1 Å². The van der Waals surface area contributed by atoms with Gasteiger partial charge in [0.05, 0.1) is 6.04 Å². The van der Waals surface area contributed by atoms with Crippen LogP contribution in [0.4, 0.5) is 0 Å². The van der Waals surface area contributed by atoms with Crippen LogP contribution in [0.2, 0.25) is 0 Å². The summed E-state index contributed by atoms with van der Waals surface area (Å²) in [5.74, 6) is 0.743. The van der Waals surface area contributed by atoms with E-state index < -0.39 is 10.0 Å². The van der Waals surface area contributed by atoms with Gasteiger partial charge in [-0.3, -0.25) is 0 Å². The molecule has 0 spiro atoms. The number of ether oxygens (including phenoxy) is 1. The van der Waals surface area contributed by atoms with Crippen molar-refractivity contribution >= 4 is 21.4 Å². The summed E-state index contributed by atoms with van der Waals surface area (Å²) >= 11 is 1.23. The number of hydrogen-bond donors (Lipinski definition) is 2. The quantitative estimate of drug-likeness (QED) is 0.881. The average Bonchev–Trinajstić information content (AvgIpc) is 3.07. The van der Waals surface area contributed by atoms with E-state index in [2.05, 4.69) is 10.0 Å². The summed E-state index contributed by atoms with van der Waals surface area (Å²) in [6.07, 6.45) is 0. The summed E-state index contributed by atoms with van der Waals surface area (Å²) in [6, 6.07) is 8.85. The topological polar surface area (TPSA) is 67.4 Å². The maximum absolute atomic E-state index is 12.4. The number of sulfonamides is 1. The van der Waals surface area contributed by atoms with Crippen LogP contribution in [0.1, 0.15) is 17.2 Å². The summed E-state index contributed by atoms with van der Waals surface area (Å²) in [5.41, 5.74) is 1.85. The first kappa shape index (κ1) is 14.5. The summed E-state index contributed by atoms with van der Waals surface area (Å²) in [4.78, 5) is 0. The number of nitrogens with one attached hydrogen (secondary N) is 2. The van der Waals surface area contributed by atoms with Crippen molar-refractivity contribution in [3.63, 3.8) is 0 Å². The summed E-state index contributed by atoms with van der Waals surface area (Å²) in [6.45, 7) is 0.981. The fourth-order valence-electron chi connectivity index (χ4n) is 2.30. The molecule has 1 aliphatic heterocycles. The second kappa shape index (κ2) is 5.76. The van der Waals surface area contributed by atoms with Gasteiger partial charge in [-0.1, -0.05) is 18.2 Å². The minimum absolute atomic E-state index is 0.327. The van der Waals surface area contributed by atoms with Crippen LogP contribution in [0, 0.1) is 0 Å². The number of fused-ring (bicyclic) bond motifs is 1. The van der Waals surface area contributed by atoms with Gasteiger partial charge in [0.25, 0.3) is 10.0 Å². The smallest absolute Gasteiger partial charge is 0.250 e. The van der Waals surface area contributed by atoms with Crippen molar-refractivity contribution in [1.29, 1.82) is 0 Å². The molecule has 1 aliphatic rings. The molecule has 2 aromatic rings. The Bertz CT molecular complexity index is 740. The van der Waals surface area contributed by atoms with Crippen molar-refractivity contribution in [1.82, 2.24) is 10.0 Å². The third-order valence-electron chi connectivity index (χ3n) is 3.27. The highest BCUT2D eigenvalue weighted by molar-refractivity contribution is 7.91. The fourth-order valence-corrected chi connectivity index (χ4v) is 4.72. The molecule has 5 nitrogen and oxygen atoms in total. The normalized spacial score (nSPS) is 17.5. The van der Waals surface area contributed by atoms with E-state index in [0.717, 1.165) is 16.9 Å². The third-order valence-corrected chi connectivity index (χ3v) is 6.23. The molecule has 1 aromatic heterocycles. The Labute approximate surface area is 128 Å². The van der Waals surface area contributed by atoms with Crippen LogP contribution < -0.4 is 14.8 Å². The van der Waals surface area contributed by atoms with E-state index in [1.165, 1.54) is 11.3 Å². The van der Waals surface area contributed by atoms with E-state index in [0.29, 0.717) is 17.4 Å². The highest BCUT2D eigenvalue weighted by Crippen LogP contribution is 2.33. The highest BCUT2D eigenvalue weighted by Gasteiger charge is 2.29. The maximum Gasteiger partial charge on any atom is 0.250 e. The SMILES string of the molecule is CNCc1csc(S(=O)(=O)NC2COc3ccccc32)c1. The molecule has 0 amide bonds. The molecular weight excluding hydrogens is 308 g/mol. The van der Waals surface area contributed by atoms with E-state index >= 15 is 0 Å². The van der Waals surface area contributed by atoms with Gasteiger partial charge in [-0.2, -0.15) is 4.72 Å². The predicted octanol–water partition coefficient (Wildman–Crippen LogP) is 1.88. The summed E-state index contributed by atoms with van der Waals surface area (Å²) < 4.78 is 33.4. The number of hydrogen-bond acceptors (Lipinski definition) is 5. The van der Waals surface area contributed by atoms with Gasteiger partial charge >= 0.3 is 0 Å². The average molecular weight is 324 g/mol. The maximum atomic E-state index is 12.4. The fraction of sp³-hybridized carbons (Fsp3) is 0.286. The van der Waals surface area contributed by atoms with Gasteiger partial charge in [-0.25, -0.2) is 8.42 Å². The molecule has 0 bridgehead atoms. The van der Waals surface area contributed by atoms with Crippen LogP contribution >= 0.6 is 11.3 Å². The van der Waals surface area contributed by atoms with Gasteiger partial charge in [-0.05, 0) is 30.1 Å². The van der Waals surface area contributed by atoms with E-state index in [1.807, 2.05) is 36.7 Å². The van der Waals surface area contributed by atoms with E-state index in [9.17, 15) is 8.42 Å². The molecule has 0 radical (unpaired) electrons. The van der Waals surface area contributed by atoms with Crippen LogP contribution in [-0.2, 0) is 16.6 Å². The largest absolute Gasteiger partial charge is 0.491 e. The van der Waals surface area contributed by atoms with Gasteiger partial charge in [-0.15, -0.1) is 11.3 Å². The van der Waals surface area contributed by atoms with Crippen LogP contribution in [0.3, 0.4) is 0 Å². The van der Waals surface area contributed by atoms with Crippen LogP contribution in [0.15, 0.2) is 39.9 Å². The van der Waals surface area contributed by atoms with Crippen molar-refractivity contribution in [2.24, 2.45) is 0 Å². The van der Waals surface area contributed by atoms with Crippen molar-refractivity contribution in [2.75, 3.05) is 13.7 Å². The zero-order valence-electron chi connectivity index (χ0n) is 11.5. The van der Waals surface area contributed by atoms with Gasteiger partial charge in [0.15, 0.2) is 0 Å². The number of thiophene rings is 1. The van der Waals surface area contributed by atoms with E-state index in [-0.39, 0.29) is 6.04 Å². The first-order chi connectivity index (χ1) is 10.1. The van der Waals surface area contributed by atoms with Crippen molar-refractivity contribution in [3.05, 3.63) is 46.8 Å². The van der Waals surface area contributed by atoms with Gasteiger partial charge in [0.2, 0.25) is 0 Å². The van der Waals surface area contributed by atoms with Crippen LogP contribution in [0.5, 0.6) is 5.75 Å². The number of para-hydroxylation sites is 1. The molecule has 1 atom stereocenters. The second-order valence-corrected chi connectivity index (χ2v) is 7.68.